The van der Waals surface area contributed by atoms with Crippen LogP contribution in [0.5, 0.6) is 11.5 Å². The standard InChI is InChI=1S/C35H37N3O6/c1-22(2)33(35(44)36-28(21-39)18-23-8-13-29(40)14-9-23)38-34(43)31(19-24-10-15-30(41)16-11-24)37-32(42)20-25-7-12-26-5-3-4-6-27(26)17-25/h3-17,21-22,28,31,33,40-41H,18-20H2,1-2H3,(H,36,44)(H,37,42)(H,38,43)/t28-,31+,33+/m1/s1. The van der Waals surface area contributed by atoms with Crippen molar-refractivity contribution in [1.82, 2.24) is 16.0 Å². The van der Waals surface area contributed by atoms with E-state index in [1.54, 1.807) is 38.1 Å². The van der Waals surface area contributed by atoms with Gasteiger partial charge in [-0.1, -0.05) is 80.6 Å². The Balaban J connectivity index is 1.47. The molecule has 228 valence electrons. The highest BCUT2D eigenvalue weighted by atomic mass is 16.3. The number of benzene rings is 4. The van der Waals surface area contributed by atoms with Crippen LogP contribution in [0.2, 0.25) is 0 Å². The summed E-state index contributed by atoms with van der Waals surface area (Å²) in [5.74, 6) is -1.62. The molecule has 4 aromatic carbocycles. The fraction of sp³-hybridized carbons (Fsp3) is 0.257. The number of phenols is 2. The van der Waals surface area contributed by atoms with Crippen LogP contribution in [0.3, 0.4) is 0 Å². The topological polar surface area (TPSA) is 145 Å². The van der Waals surface area contributed by atoms with Crippen molar-refractivity contribution >= 4 is 34.8 Å². The number of phenolic OH excluding ortho intramolecular Hbond substituents is 2. The van der Waals surface area contributed by atoms with Crippen molar-refractivity contribution < 1.29 is 29.4 Å². The van der Waals surface area contributed by atoms with Crippen molar-refractivity contribution in [1.29, 1.82) is 0 Å². The molecule has 0 radical (unpaired) electrons. The normalized spacial score (nSPS) is 13.1. The van der Waals surface area contributed by atoms with Crippen LogP contribution in [-0.4, -0.2) is 52.3 Å². The van der Waals surface area contributed by atoms with Crippen molar-refractivity contribution in [3.05, 3.63) is 108 Å². The van der Waals surface area contributed by atoms with Gasteiger partial charge in [0.1, 0.15) is 29.9 Å². The van der Waals surface area contributed by atoms with E-state index in [0.29, 0.717) is 11.8 Å². The second kappa shape index (κ2) is 14.8. The Kier molecular flexibility index (Phi) is 10.7. The number of rotatable bonds is 13. The van der Waals surface area contributed by atoms with Crippen molar-refractivity contribution in [3.63, 3.8) is 0 Å². The molecule has 0 aliphatic carbocycles. The van der Waals surface area contributed by atoms with Crippen molar-refractivity contribution in [2.45, 2.75) is 51.2 Å². The first-order valence-electron chi connectivity index (χ1n) is 14.5. The Morgan fingerprint density at radius 1 is 0.682 bits per heavy atom. The summed E-state index contributed by atoms with van der Waals surface area (Å²) >= 11 is 0. The largest absolute Gasteiger partial charge is 0.508 e. The molecule has 4 aromatic rings. The summed E-state index contributed by atoms with van der Waals surface area (Å²) in [5, 5.41) is 29.6. The average Bonchev–Trinajstić information content (AvgIpc) is 3.00. The summed E-state index contributed by atoms with van der Waals surface area (Å²) in [4.78, 5) is 51.9. The van der Waals surface area contributed by atoms with Gasteiger partial charge >= 0.3 is 0 Å². The molecule has 9 nitrogen and oxygen atoms in total. The first-order valence-corrected chi connectivity index (χ1v) is 14.5. The van der Waals surface area contributed by atoms with Gasteiger partial charge in [0.15, 0.2) is 0 Å². The minimum absolute atomic E-state index is 0.0521. The maximum atomic E-state index is 13.6. The van der Waals surface area contributed by atoms with E-state index in [4.69, 9.17) is 0 Å². The average molecular weight is 596 g/mol. The Hall–Kier alpha value is -5.18. The molecule has 3 amide bonds. The van der Waals surface area contributed by atoms with Crippen molar-refractivity contribution in [3.8, 4) is 11.5 Å². The Labute approximate surface area is 256 Å². The molecule has 0 heterocycles. The molecule has 3 atom stereocenters. The van der Waals surface area contributed by atoms with Crippen molar-refractivity contribution in [2.24, 2.45) is 5.92 Å². The van der Waals surface area contributed by atoms with Gasteiger partial charge in [0.05, 0.1) is 12.5 Å². The van der Waals surface area contributed by atoms with Crippen LogP contribution < -0.4 is 16.0 Å². The van der Waals surface area contributed by atoms with Gasteiger partial charge in [-0.2, -0.15) is 0 Å². The van der Waals surface area contributed by atoms with Gasteiger partial charge in [-0.3, -0.25) is 14.4 Å². The third-order valence-corrected chi connectivity index (χ3v) is 7.34. The molecule has 0 unspecified atom stereocenters. The molecular formula is C35H37N3O6. The van der Waals surface area contributed by atoms with Gasteiger partial charge in [0.2, 0.25) is 17.7 Å². The highest BCUT2D eigenvalue weighted by Crippen LogP contribution is 2.17. The fourth-order valence-corrected chi connectivity index (χ4v) is 4.94. The molecule has 4 rings (SSSR count). The van der Waals surface area contributed by atoms with Gasteiger partial charge in [0.25, 0.3) is 0 Å². The van der Waals surface area contributed by atoms with Crippen LogP contribution in [0.25, 0.3) is 10.8 Å². The molecule has 9 heteroatoms. The Morgan fingerprint density at radius 2 is 1.25 bits per heavy atom. The Bertz CT molecular complexity index is 1600. The van der Waals surface area contributed by atoms with Gasteiger partial charge in [-0.15, -0.1) is 0 Å². The van der Waals surface area contributed by atoms with Gasteiger partial charge in [-0.25, -0.2) is 0 Å². The zero-order chi connectivity index (χ0) is 31.6. The third-order valence-electron chi connectivity index (χ3n) is 7.34. The van der Waals surface area contributed by atoms with E-state index in [0.717, 1.165) is 21.9 Å². The molecule has 0 aliphatic rings. The summed E-state index contributed by atoms with van der Waals surface area (Å²) < 4.78 is 0. The van der Waals surface area contributed by atoms with E-state index in [1.807, 2.05) is 42.5 Å². The molecule has 44 heavy (non-hydrogen) atoms. The monoisotopic (exact) mass is 595 g/mol. The third kappa shape index (κ3) is 8.91. The van der Waals surface area contributed by atoms with Crippen LogP contribution in [-0.2, 0) is 38.4 Å². The molecule has 5 N–H and O–H groups in total. The maximum Gasteiger partial charge on any atom is 0.243 e. The molecule has 0 saturated heterocycles. The second-order valence-electron chi connectivity index (χ2n) is 11.2. The van der Waals surface area contributed by atoms with E-state index < -0.39 is 29.9 Å². The molecule has 0 bridgehead atoms. The summed E-state index contributed by atoms with van der Waals surface area (Å²) in [7, 11) is 0. The fourth-order valence-electron chi connectivity index (χ4n) is 4.94. The number of aldehydes is 1. The highest BCUT2D eigenvalue weighted by Gasteiger charge is 2.30. The molecular weight excluding hydrogens is 558 g/mol. The van der Waals surface area contributed by atoms with Crippen molar-refractivity contribution in [2.75, 3.05) is 0 Å². The van der Waals surface area contributed by atoms with E-state index in [9.17, 15) is 29.4 Å². The van der Waals surface area contributed by atoms with Gasteiger partial charge in [0, 0.05) is 6.42 Å². The summed E-state index contributed by atoms with van der Waals surface area (Å²) in [5.41, 5.74) is 2.24. The number of hydrogen-bond acceptors (Lipinski definition) is 6. The molecule has 0 saturated carbocycles. The Morgan fingerprint density at radius 3 is 1.84 bits per heavy atom. The van der Waals surface area contributed by atoms with Crippen LogP contribution in [0.4, 0.5) is 0 Å². The van der Waals surface area contributed by atoms with Gasteiger partial charge < -0.3 is 31.0 Å². The number of amides is 3. The van der Waals surface area contributed by atoms with Crippen LogP contribution >= 0.6 is 0 Å². The minimum Gasteiger partial charge on any atom is -0.508 e. The lowest BCUT2D eigenvalue weighted by atomic mass is 9.99. The minimum atomic E-state index is -1.01. The number of carbonyl (C=O) groups is 4. The zero-order valence-electron chi connectivity index (χ0n) is 24.7. The van der Waals surface area contributed by atoms with Crippen LogP contribution in [0, 0.1) is 5.92 Å². The lowest BCUT2D eigenvalue weighted by molar-refractivity contribution is -0.133. The lowest BCUT2D eigenvalue weighted by Gasteiger charge is -2.26. The predicted octanol–water partition coefficient (Wildman–Crippen LogP) is 3.59. The van der Waals surface area contributed by atoms with E-state index in [-0.39, 0.29) is 42.6 Å². The highest BCUT2D eigenvalue weighted by molar-refractivity contribution is 5.93. The number of hydrogen-bond donors (Lipinski definition) is 5. The summed E-state index contributed by atoms with van der Waals surface area (Å²) in [6.45, 7) is 3.54. The number of fused-ring (bicyclic) bond motifs is 1. The molecule has 0 aromatic heterocycles. The lowest BCUT2D eigenvalue weighted by Crippen LogP contribution is -2.57. The second-order valence-corrected chi connectivity index (χ2v) is 11.2. The number of carbonyl (C=O) groups excluding carboxylic acids is 4. The van der Waals surface area contributed by atoms with E-state index in [2.05, 4.69) is 16.0 Å². The molecule has 0 fully saturated rings. The zero-order valence-corrected chi connectivity index (χ0v) is 24.7. The SMILES string of the molecule is CC(C)[C@H](NC(=O)[C@H](Cc1ccc(O)cc1)NC(=O)Cc1ccc2ccccc2c1)C(=O)N[C@@H](C=O)Cc1ccc(O)cc1. The number of aromatic hydroxyl groups is 2. The first kappa shape index (κ1) is 31.7. The summed E-state index contributed by atoms with van der Waals surface area (Å²) in [6.07, 6.45) is 1.02. The van der Waals surface area contributed by atoms with E-state index in [1.165, 1.54) is 24.3 Å². The predicted molar refractivity (Wildman–Crippen MR) is 168 cm³/mol. The summed E-state index contributed by atoms with van der Waals surface area (Å²) in [6, 6.07) is 23.4. The van der Waals surface area contributed by atoms with E-state index >= 15 is 0 Å². The van der Waals surface area contributed by atoms with Gasteiger partial charge in [-0.05, 0) is 64.1 Å². The quantitative estimate of drug-likeness (QED) is 0.150. The maximum absolute atomic E-state index is 13.6. The number of nitrogens with one attached hydrogen (secondary N) is 3. The molecule has 0 spiro atoms. The first-order chi connectivity index (χ1) is 21.1. The van der Waals surface area contributed by atoms with Crippen LogP contribution in [0.15, 0.2) is 91.0 Å². The van der Waals surface area contributed by atoms with Crippen LogP contribution in [0.1, 0.15) is 30.5 Å². The molecule has 0 aliphatic heterocycles. The smallest absolute Gasteiger partial charge is 0.243 e.